The second-order valence-corrected chi connectivity index (χ2v) is 5.47. The summed E-state index contributed by atoms with van der Waals surface area (Å²) in [5, 5.41) is 0.901. The van der Waals surface area contributed by atoms with Crippen molar-refractivity contribution in [1.29, 1.82) is 0 Å². The summed E-state index contributed by atoms with van der Waals surface area (Å²) in [5.74, 6) is 1.43. The number of halogens is 2. The molecule has 0 saturated heterocycles. The zero-order chi connectivity index (χ0) is 15.4. The molecule has 0 unspecified atom stereocenters. The molecule has 0 aliphatic carbocycles. The van der Waals surface area contributed by atoms with Crippen LogP contribution in [0.15, 0.2) is 40.8 Å². The number of benzene rings is 1. The van der Waals surface area contributed by atoms with Gasteiger partial charge in [0.05, 0.1) is 16.6 Å². The van der Waals surface area contributed by atoms with E-state index in [1.54, 1.807) is 36.2 Å². The highest BCUT2D eigenvalue weighted by atomic mass is 35.5. The summed E-state index contributed by atoms with van der Waals surface area (Å²) >= 11 is 12.0. The van der Waals surface area contributed by atoms with E-state index in [2.05, 4.69) is 0 Å². The van der Waals surface area contributed by atoms with Gasteiger partial charge in [-0.3, -0.25) is 4.79 Å². The van der Waals surface area contributed by atoms with Gasteiger partial charge in [-0.1, -0.05) is 35.3 Å². The van der Waals surface area contributed by atoms with Gasteiger partial charge in [0.15, 0.2) is 0 Å². The zero-order valence-corrected chi connectivity index (χ0v) is 13.3. The highest BCUT2D eigenvalue weighted by Crippen LogP contribution is 2.26. The number of nitrogens with zero attached hydrogens (tertiary/aromatic N) is 1. The summed E-state index contributed by atoms with van der Waals surface area (Å²) in [5.41, 5.74) is 0.708. The Morgan fingerprint density at radius 3 is 2.71 bits per heavy atom. The average Bonchev–Trinajstić information content (AvgIpc) is 2.85. The molecule has 2 aromatic rings. The standard InChI is InChI=1S/C16H15Cl2NO2/c1-11-6-8-13(21-11)10-19(2)15(20)9-7-12-4-3-5-14(17)16(12)18/h3-9H,10H2,1-2H3/b9-7+. The van der Waals surface area contributed by atoms with Crippen LogP contribution in [0.3, 0.4) is 0 Å². The molecule has 1 aromatic carbocycles. The van der Waals surface area contributed by atoms with Gasteiger partial charge in [0.2, 0.25) is 5.91 Å². The van der Waals surface area contributed by atoms with Crippen molar-refractivity contribution in [1.82, 2.24) is 4.90 Å². The van der Waals surface area contributed by atoms with E-state index in [1.165, 1.54) is 6.08 Å². The fourth-order valence-electron chi connectivity index (χ4n) is 1.82. The Labute approximate surface area is 133 Å². The van der Waals surface area contributed by atoms with Crippen LogP contribution in [0.1, 0.15) is 17.1 Å². The summed E-state index contributed by atoms with van der Waals surface area (Å²) < 4.78 is 5.45. The lowest BCUT2D eigenvalue weighted by Gasteiger charge is -2.13. The van der Waals surface area contributed by atoms with E-state index >= 15 is 0 Å². The van der Waals surface area contributed by atoms with Gasteiger partial charge >= 0.3 is 0 Å². The van der Waals surface area contributed by atoms with Gasteiger partial charge < -0.3 is 9.32 Å². The first-order valence-electron chi connectivity index (χ1n) is 6.40. The summed E-state index contributed by atoms with van der Waals surface area (Å²) in [7, 11) is 1.71. The third kappa shape index (κ3) is 4.13. The molecule has 0 radical (unpaired) electrons. The molecule has 0 saturated carbocycles. The van der Waals surface area contributed by atoms with Crippen molar-refractivity contribution in [2.45, 2.75) is 13.5 Å². The summed E-state index contributed by atoms with van der Waals surface area (Å²) in [4.78, 5) is 13.6. The van der Waals surface area contributed by atoms with Crippen molar-refractivity contribution < 1.29 is 9.21 Å². The van der Waals surface area contributed by atoms with E-state index in [4.69, 9.17) is 27.6 Å². The smallest absolute Gasteiger partial charge is 0.246 e. The molecule has 0 fully saturated rings. The number of likely N-dealkylation sites (N-methyl/N-ethyl adjacent to an activating group) is 1. The molecule has 21 heavy (non-hydrogen) atoms. The summed E-state index contributed by atoms with van der Waals surface area (Å²) in [6.45, 7) is 2.28. The van der Waals surface area contributed by atoms with Crippen LogP contribution in [0, 0.1) is 6.92 Å². The average molecular weight is 324 g/mol. The minimum atomic E-state index is -0.139. The minimum Gasteiger partial charge on any atom is -0.464 e. The van der Waals surface area contributed by atoms with Crippen molar-refractivity contribution in [3.05, 3.63) is 63.5 Å². The predicted octanol–water partition coefficient (Wildman–Crippen LogP) is 4.57. The molecule has 0 N–H and O–H groups in total. The van der Waals surface area contributed by atoms with Gasteiger partial charge in [0, 0.05) is 13.1 Å². The molecule has 5 heteroatoms. The van der Waals surface area contributed by atoms with Gasteiger partial charge in [-0.05, 0) is 36.8 Å². The second-order valence-electron chi connectivity index (χ2n) is 4.68. The molecular weight excluding hydrogens is 309 g/mol. The van der Waals surface area contributed by atoms with Crippen molar-refractivity contribution in [2.75, 3.05) is 7.05 Å². The number of furan rings is 1. The van der Waals surface area contributed by atoms with Gasteiger partial charge in [-0.15, -0.1) is 0 Å². The Balaban J connectivity index is 2.03. The van der Waals surface area contributed by atoms with Gasteiger partial charge in [-0.25, -0.2) is 0 Å². The lowest BCUT2D eigenvalue weighted by atomic mass is 10.2. The number of carbonyl (C=O) groups excluding carboxylic acids is 1. The number of amides is 1. The van der Waals surface area contributed by atoms with Crippen LogP contribution in [-0.2, 0) is 11.3 Å². The first-order chi connectivity index (χ1) is 9.97. The highest BCUT2D eigenvalue weighted by Gasteiger charge is 2.09. The normalized spacial score (nSPS) is 11.0. The highest BCUT2D eigenvalue weighted by molar-refractivity contribution is 6.42. The Hall–Kier alpha value is -1.71. The Morgan fingerprint density at radius 2 is 2.05 bits per heavy atom. The number of hydrogen-bond acceptors (Lipinski definition) is 2. The fraction of sp³-hybridized carbons (Fsp3) is 0.188. The molecule has 3 nitrogen and oxygen atoms in total. The molecule has 0 bridgehead atoms. The largest absolute Gasteiger partial charge is 0.464 e. The quantitative estimate of drug-likeness (QED) is 0.772. The van der Waals surface area contributed by atoms with Gasteiger partial charge in [0.25, 0.3) is 0 Å². The van der Waals surface area contributed by atoms with Crippen molar-refractivity contribution in [3.63, 3.8) is 0 Å². The maximum atomic E-state index is 12.0. The molecule has 0 atom stereocenters. The third-order valence-electron chi connectivity index (χ3n) is 2.95. The zero-order valence-electron chi connectivity index (χ0n) is 11.8. The number of rotatable bonds is 4. The Morgan fingerprint density at radius 1 is 1.29 bits per heavy atom. The molecule has 0 aliphatic heterocycles. The topological polar surface area (TPSA) is 33.5 Å². The fourth-order valence-corrected chi connectivity index (χ4v) is 2.19. The minimum absolute atomic E-state index is 0.139. The number of carbonyl (C=O) groups is 1. The maximum absolute atomic E-state index is 12.0. The van der Waals surface area contributed by atoms with E-state index in [0.717, 1.165) is 11.5 Å². The van der Waals surface area contributed by atoms with Crippen molar-refractivity contribution in [2.24, 2.45) is 0 Å². The van der Waals surface area contributed by atoms with Crippen LogP contribution < -0.4 is 0 Å². The van der Waals surface area contributed by atoms with E-state index in [1.807, 2.05) is 19.1 Å². The lowest BCUT2D eigenvalue weighted by Crippen LogP contribution is -2.23. The van der Waals surface area contributed by atoms with Crippen LogP contribution in [0.2, 0.25) is 10.0 Å². The Kier molecular flexibility index (Phi) is 5.10. The Bertz CT molecular complexity index is 677. The maximum Gasteiger partial charge on any atom is 0.246 e. The molecule has 1 heterocycles. The monoisotopic (exact) mass is 323 g/mol. The van der Waals surface area contributed by atoms with E-state index in [0.29, 0.717) is 22.2 Å². The second kappa shape index (κ2) is 6.83. The molecule has 1 amide bonds. The van der Waals surface area contributed by atoms with Crippen molar-refractivity contribution >= 4 is 35.2 Å². The van der Waals surface area contributed by atoms with E-state index in [-0.39, 0.29) is 5.91 Å². The molecule has 0 spiro atoms. The van der Waals surface area contributed by atoms with E-state index in [9.17, 15) is 4.79 Å². The van der Waals surface area contributed by atoms with Crippen LogP contribution in [0.5, 0.6) is 0 Å². The number of aryl methyl sites for hydroxylation is 1. The van der Waals surface area contributed by atoms with Crippen LogP contribution >= 0.6 is 23.2 Å². The van der Waals surface area contributed by atoms with Crippen LogP contribution in [0.4, 0.5) is 0 Å². The van der Waals surface area contributed by atoms with Crippen LogP contribution in [0.25, 0.3) is 6.08 Å². The van der Waals surface area contributed by atoms with E-state index < -0.39 is 0 Å². The SMILES string of the molecule is Cc1ccc(CN(C)C(=O)/C=C/c2cccc(Cl)c2Cl)o1. The molecule has 1 aromatic heterocycles. The lowest BCUT2D eigenvalue weighted by molar-refractivity contribution is -0.125. The van der Waals surface area contributed by atoms with Gasteiger partial charge in [0.1, 0.15) is 11.5 Å². The molecule has 0 aliphatic rings. The molecular formula is C16H15Cl2NO2. The molecule has 2 rings (SSSR count). The number of hydrogen-bond donors (Lipinski definition) is 0. The van der Waals surface area contributed by atoms with Gasteiger partial charge in [-0.2, -0.15) is 0 Å². The third-order valence-corrected chi connectivity index (χ3v) is 3.79. The predicted molar refractivity (Wildman–Crippen MR) is 85.4 cm³/mol. The summed E-state index contributed by atoms with van der Waals surface area (Å²) in [6, 6.07) is 9.02. The van der Waals surface area contributed by atoms with Crippen molar-refractivity contribution in [3.8, 4) is 0 Å². The molecule has 110 valence electrons. The first-order valence-corrected chi connectivity index (χ1v) is 7.15. The summed E-state index contributed by atoms with van der Waals surface area (Å²) in [6.07, 6.45) is 3.12. The first kappa shape index (κ1) is 15.7. The van der Waals surface area contributed by atoms with Crippen LogP contribution in [-0.4, -0.2) is 17.9 Å².